The summed E-state index contributed by atoms with van der Waals surface area (Å²) in [6, 6.07) is 0.220. The molecule has 0 saturated carbocycles. The molecule has 2 atom stereocenters. The molecule has 1 heterocycles. The molecule has 1 aliphatic heterocycles. The molecule has 0 unspecified atom stereocenters. The van der Waals surface area contributed by atoms with Gasteiger partial charge in [-0.05, 0) is 6.42 Å². The van der Waals surface area contributed by atoms with Crippen LogP contribution in [0.2, 0.25) is 0 Å². The highest BCUT2D eigenvalue weighted by molar-refractivity contribution is 4.92. The van der Waals surface area contributed by atoms with E-state index >= 15 is 0 Å². The van der Waals surface area contributed by atoms with Crippen molar-refractivity contribution in [3.05, 3.63) is 0 Å². The van der Waals surface area contributed by atoms with Gasteiger partial charge < -0.3 is 10.5 Å². The van der Waals surface area contributed by atoms with Gasteiger partial charge in [-0.3, -0.25) is 0 Å². The van der Waals surface area contributed by atoms with Crippen molar-refractivity contribution in [3.8, 4) is 0 Å². The van der Waals surface area contributed by atoms with Gasteiger partial charge in [-0.15, -0.1) is 0 Å². The van der Waals surface area contributed by atoms with Crippen LogP contribution in [0.4, 0.5) is 0 Å². The summed E-state index contributed by atoms with van der Waals surface area (Å²) in [5.41, 5.74) is 6.12. The first-order valence-electron chi connectivity index (χ1n) is 3.95. The summed E-state index contributed by atoms with van der Waals surface area (Å²) in [5, 5.41) is 0. The zero-order valence-electron chi connectivity index (χ0n) is 7.05. The fourth-order valence-corrected chi connectivity index (χ4v) is 1.40. The maximum Gasteiger partial charge on any atom is 0.0729 e. The number of hydrogen-bond donors (Lipinski definition) is 1. The fraction of sp³-hybridized carbons (Fsp3) is 1.00. The summed E-state index contributed by atoms with van der Waals surface area (Å²) in [6.45, 7) is 7.25. The van der Waals surface area contributed by atoms with Gasteiger partial charge in [0.2, 0.25) is 0 Å². The summed E-state index contributed by atoms with van der Waals surface area (Å²) < 4.78 is 5.50. The predicted molar refractivity (Wildman–Crippen MR) is 41.8 cm³/mol. The van der Waals surface area contributed by atoms with Crippen LogP contribution in [-0.4, -0.2) is 18.8 Å². The van der Waals surface area contributed by atoms with Crippen molar-refractivity contribution >= 4 is 0 Å². The largest absolute Gasteiger partial charge is 0.376 e. The molecule has 2 heteroatoms. The topological polar surface area (TPSA) is 35.2 Å². The fourth-order valence-electron chi connectivity index (χ4n) is 1.40. The van der Waals surface area contributed by atoms with Crippen LogP contribution in [0.15, 0.2) is 0 Å². The molecular weight excluding hydrogens is 126 g/mol. The second kappa shape index (κ2) is 2.51. The van der Waals surface area contributed by atoms with E-state index in [2.05, 4.69) is 20.8 Å². The molecule has 60 valence electrons. The smallest absolute Gasteiger partial charge is 0.0729 e. The van der Waals surface area contributed by atoms with Crippen molar-refractivity contribution in [1.29, 1.82) is 0 Å². The molecular formula is C8H17NO. The van der Waals surface area contributed by atoms with E-state index in [0.29, 0.717) is 0 Å². The van der Waals surface area contributed by atoms with Crippen LogP contribution in [0.3, 0.4) is 0 Å². The van der Waals surface area contributed by atoms with Crippen molar-refractivity contribution in [1.82, 2.24) is 0 Å². The first-order valence-corrected chi connectivity index (χ1v) is 3.95. The highest BCUT2D eigenvalue weighted by Crippen LogP contribution is 2.31. The Kier molecular flexibility index (Phi) is 2.02. The Balaban J connectivity index is 2.58. The second-order valence-corrected chi connectivity index (χ2v) is 3.77. The molecule has 1 saturated heterocycles. The van der Waals surface area contributed by atoms with Crippen LogP contribution >= 0.6 is 0 Å². The molecule has 2 nitrogen and oxygen atoms in total. The lowest BCUT2D eigenvalue weighted by Crippen LogP contribution is -2.40. The Bertz CT molecular complexity index is 122. The van der Waals surface area contributed by atoms with Crippen LogP contribution in [-0.2, 0) is 4.74 Å². The van der Waals surface area contributed by atoms with E-state index < -0.39 is 0 Å². The second-order valence-electron chi connectivity index (χ2n) is 3.77. The summed E-state index contributed by atoms with van der Waals surface area (Å²) >= 11 is 0. The lowest BCUT2D eigenvalue weighted by atomic mass is 9.85. The van der Waals surface area contributed by atoms with Gasteiger partial charge in [0.25, 0.3) is 0 Å². The van der Waals surface area contributed by atoms with Crippen LogP contribution in [0.5, 0.6) is 0 Å². The van der Waals surface area contributed by atoms with Crippen LogP contribution in [0, 0.1) is 5.41 Å². The third-order valence-electron chi connectivity index (χ3n) is 2.37. The average Bonchev–Trinajstić information content (AvgIpc) is 2.10. The molecule has 0 bridgehead atoms. The lowest BCUT2D eigenvalue weighted by Gasteiger charge is -2.22. The van der Waals surface area contributed by atoms with Gasteiger partial charge in [0.05, 0.1) is 12.7 Å². The van der Waals surface area contributed by atoms with Gasteiger partial charge in [0.15, 0.2) is 0 Å². The van der Waals surface area contributed by atoms with Crippen molar-refractivity contribution in [2.75, 3.05) is 6.61 Å². The molecule has 0 radical (unpaired) electrons. The Morgan fingerprint density at radius 1 is 1.60 bits per heavy atom. The van der Waals surface area contributed by atoms with E-state index in [0.717, 1.165) is 13.0 Å². The highest BCUT2D eigenvalue weighted by Gasteiger charge is 2.39. The molecule has 0 aromatic heterocycles. The zero-order chi connectivity index (χ0) is 7.78. The van der Waals surface area contributed by atoms with Crippen LogP contribution < -0.4 is 5.73 Å². The molecule has 10 heavy (non-hydrogen) atoms. The molecule has 1 rings (SSSR count). The minimum absolute atomic E-state index is 0.181. The van der Waals surface area contributed by atoms with Gasteiger partial charge >= 0.3 is 0 Å². The van der Waals surface area contributed by atoms with E-state index in [1.54, 1.807) is 0 Å². The SMILES string of the molecule is CC[C@@H]1OCC(C)(C)[C@@H]1N. The number of nitrogens with two attached hydrogens (primary N) is 1. The van der Waals surface area contributed by atoms with E-state index in [1.807, 2.05) is 0 Å². The summed E-state index contributed by atoms with van der Waals surface area (Å²) in [5.74, 6) is 0. The van der Waals surface area contributed by atoms with Gasteiger partial charge in [0.1, 0.15) is 0 Å². The molecule has 0 spiro atoms. The van der Waals surface area contributed by atoms with Crippen molar-refractivity contribution in [3.63, 3.8) is 0 Å². The maximum absolute atomic E-state index is 5.94. The number of ether oxygens (including phenoxy) is 1. The zero-order valence-corrected chi connectivity index (χ0v) is 7.05. The Labute approximate surface area is 62.7 Å². The molecule has 0 amide bonds. The molecule has 0 aromatic rings. The molecule has 2 N–H and O–H groups in total. The predicted octanol–water partition coefficient (Wildman–Crippen LogP) is 1.15. The monoisotopic (exact) mass is 143 g/mol. The van der Waals surface area contributed by atoms with E-state index in [1.165, 1.54) is 0 Å². The minimum atomic E-state index is 0.181. The maximum atomic E-state index is 5.94. The number of hydrogen-bond acceptors (Lipinski definition) is 2. The first-order chi connectivity index (χ1) is 4.58. The molecule has 1 aliphatic rings. The standard InChI is InChI=1S/C8H17NO/c1-4-6-7(9)8(2,3)5-10-6/h6-7H,4-5,9H2,1-3H3/t6-,7+/m0/s1. The normalized spacial score (nSPS) is 38.4. The summed E-state index contributed by atoms with van der Waals surface area (Å²) in [4.78, 5) is 0. The Morgan fingerprint density at radius 2 is 2.20 bits per heavy atom. The van der Waals surface area contributed by atoms with Crippen molar-refractivity contribution in [2.45, 2.75) is 39.3 Å². The highest BCUT2D eigenvalue weighted by atomic mass is 16.5. The minimum Gasteiger partial charge on any atom is -0.376 e. The van der Waals surface area contributed by atoms with Gasteiger partial charge in [0, 0.05) is 11.5 Å². The van der Waals surface area contributed by atoms with Crippen molar-refractivity contribution < 1.29 is 4.74 Å². The molecule has 0 aromatic carbocycles. The van der Waals surface area contributed by atoms with Gasteiger partial charge in [-0.2, -0.15) is 0 Å². The Hall–Kier alpha value is -0.0800. The summed E-state index contributed by atoms with van der Waals surface area (Å²) in [7, 11) is 0. The first kappa shape index (κ1) is 8.02. The van der Waals surface area contributed by atoms with E-state index in [-0.39, 0.29) is 17.6 Å². The molecule has 0 aliphatic carbocycles. The van der Waals surface area contributed by atoms with Gasteiger partial charge in [-0.1, -0.05) is 20.8 Å². The van der Waals surface area contributed by atoms with Crippen LogP contribution in [0.1, 0.15) is 27.2 Å². The quantitative estimate of drug-likeness (QED) is 0.597. The van der Waals surface area contributed by atoms with Crippen LogP contribution in [0.25, 0.3) is 0 Å². The van der Waals surface area contributed by atoms with Crippen molar-refractivity contribution in [2.24, 2.45) is 11.1 Å². The summed E-state index contributed by atoms with van der Waals surface area (Å²) in [6.07, 6.45) is 1.32. The Morgan fingerprint density at radius 3 is 2.40 bits per heavy atom. The lowest BCUT2D eigenvalue weighted by molar-refractivity contribution is 0.0942. The van der Waals surface area contributed by atoms with E-state index in [4.69, 9.17) is 10.5 Å². The number of rotatable bonds is 1. The van der Waals surface area contributed by atoms with E-state index in [9.17, 15) is 0 Å². The van der Waals surface area contributed by atoms with Gasteiger partial charge in [-0.25, -0.2) is 0 Å². The third kappa shape index (κ3) is 1.18. The third-order valence-corrected chi connectivity index (χ3v) is 2.37. The molecule has 1 fully saturated rings. The average molecular weight is 143 g/mol.